The molecule has 2 atom stereocenters. The quantitative estimate of drug-likeness (QED) is 0.567. The molecule has 0 aromatic heterocycles. The molecule has 0 saturated heterocycles. The molecule has 0 rings (SSSR count). The number of carbonyl (C=O) groups is 1. The minimum absolute atomic E-state index is 0.310. The minimum atomic E-state index is -0.852. The highest BCUT2D eigenvalue weighted by Crippen LogP contribution is 2.07. The van der Waals surface area contributed by atoms with Crippen molar-refractivity contribution in [3.63, 3.8) is 0 Å². The first-order valence-corrected chi connectivity index (χ1v) is 3.19. The predicted molar refractivity (Wildman–Crippen MR) is 39.6 cm³/mol. The van der Waals surface area contributed by atoms with Crippen LogP contribution in [-0.2, 0) is 4.79 Å². The van der Waals surface area contributed by atoms with Crippen molar-refractivity contribution in [2.45, 2.75) is 19.4 Å². The van der Waals surface area contributed by atoms with Gasteiger partial charge in [0.25, 0.3) is 0 Å². The summed E-state index contributed by atoms with van der Waals surface area (Å²) in [6, 6.07) is -0.310. The fourth-order valence-corrected chi connectivity index (χ4v) is 0.720. The van der Waals surface area contributed by atoms with Gasteiger partial charge in [0.2, 0.25) is 0 Å². The zero-order valence-electron chi connectivity index (χ0n) is 6.08. The van der Waals surface area contributed by atoms with Crippen molar-refractivity contribution in [2.75, 3.05) is 0 Å². The van der Waals surface area contributed by atoms with Gasteiger partial charge in [-0.1, -0.05) is 6.08 Å². The first kappa shape index (κ1) is 9.17. The van der Waals surface area contributed by atoms with Gasteiger partial charge in [-0.05, 0) is 13.3 Å². The van der Waals surface area contributed by atoms with Gasteiger partial charge >= 0.3 is 5.97 Å². The molecule has 0 aromatic rings. The molecule has 0 aliphatic rings. The van der Waals surface area contributed by atoms with Gasteiger partial charge in [0.15, 0.2) is 0 Å². The van der Waals surface area contributed by atoms with Crippen LogP contribution < -0.4 is 5.73 Å². The van der Waals surface area contributed by atoms with Crippen LogP contribution in [0.15, 0.2) is 12.7 Å². The molecule has 2 unspecified atom stereocenters. The molecule has 0 aliphatic heterocycles. The molecular formula is C7H13NO2. The zero-order chi connectivity index (χ0) is 8.15. The monoisotopic (exact) mass is 143 g/mol. The Morgan fingerprint density at radius 2 is 2.40 bits per heavy atom. The van der Waals surface area contributed by atoms with Crippen LogP contribution in [0.5, 0.6) is 0 Å². The molecule has 0 amide bonds. The van der Waals surface area contributed by atoms with E-state index in [2.05, 4.69) is 6.58 Å². The second-order valence-electron chi connectivity index (χ2n) is 2.33. The number of hydrogen-bond donors (Lipinski definition) is 2. The molecule has 0 saturated carbocycles. The number of nitrogens with two attached hydrogens (primary N) is 1. The fraction of sp³-hybridized carbons (Fsp3) is 0.571. The Kier molecular flexibility index (Phi) is 3.72. The molecule has 0 aromatic carbocycles. The van der Waals surface area contributed by atoms with E-state index < -0.39 is 11.9 Å². The maximum atomic E-state index is 10.4. The third-order valence-electron chi connectivity index (χ3n) is 1.37. The molecule has 0 radical (unpaired) electrons. The maximum absolute atomic E-state index is 10.4. The first-order valence-electron chi connectivity index (χ1n) is 3.19. The summed E-state index contributed by atoms with van der Waals surface area (Å²) in [6.07, 6.45) is 2.01. The smallest absolute Gasteiger partial charge is 0.308 e. The highest BCUT2D eigenvalue weighted by Gasteiger charge is 2.19. The standard InChI is InChI=1S/C7H13NO2/c1-3-4-6(5(2)8)7(9)10/h3,5-6H,1,4,8H2,2H3,(H,9,10). The van der Waals surface area contributed by atoms with E-state index in [0.717, 1.165) is 0 Å². The molecule has 3 nitrogen and oxygen atoms in total. The molecule has 10 heavy (non-hydrogen) atoms. The Morgan fingerprint density at radius 3 is 2.50 bits per heavy atom. The van der Waals surface area contributed by atoms with Gasteiger partial charge in [0, 0.05) is 6.04 Å². The van der Waals surface area contributed by atoms with Crippen LogP contribution in [0, 0.1) is 5.92 Å². The summed E-state index contributed by atoms with van der Waals surface area (Å²) in [5.74, 6) is -1.34. The topological polar surface area (TPSA) is 63.3 Å². The van der Waals surface area contributed by atoms with E-state index in [9.17, 15) is 4.79 Å². The SMILES string of the molecule is C=CCC(C(=O)O)C(C)N. The van der Waals surface area contributed by atoms with Crippen molar-refractivity contribution in [3.05, 3.63) is 12.7 Å². The van der Waals surface area contributed by atoms with Crippen LogP contribution in [0.3, 0.4) is 0 Å². The molecular weight excluding hydrogens is 130 g/mol. The number of carboxylic acid groups (broad SMARTS) is 1. The van der Waals surface area contributed by atoms with E-state index >= 15 is 0 Å². The second-order valence-corrected chi connectivity index (χ2v) is 2.33. The van der Waals surface area contributed by atoms with E-state index in [0.29, 0.717) is 6.42 Å². The number of allylic oxidation sites excluding steroid dienone is 1. The Hall–Kier alpha value is -0.830. The largest absolute Gasteiger partial charge is 0.481 e. The minimum Gasteiger partial charge on any atom is -0.481 e. The molecule has 3 heteroatoms. The van der Waals surface area contributed by atoms with Crippen LogP contribution in [0.2, 0.25) is 0 Å². The molecule has 0 heterocycles. The lowest BCUT2D eigenvalue weighted by Gasteiger charge is -2.12. The normalized spacial score (nSPS) is 15.8. The number of carboxylic acids is 1. The van der Waals surface area contributed by atoms with Gasteiger partial charge in [0.1, 0.15) is 0 Å². The van der Waals surface area contributed by atoms with Gasteiger partial charge < -0.3 is 10.8 Å². The fourth-order valence-electron chi connectivity index (χ4n) is 0.720. The van der Waals surface area contributed by atoms with E-state index in [-0.39, 0.29) is 6.04 Å². The molecule has 0 spiro atoms. The first-order chi connectivity index (χ1) is 4.59. The average molecular weight is 143 g/mol. The third kappa shape index (κ3) is 2.64. The van der Waals surface area contributed by atoms with Crippen molar-refractivity contribution in [1.29, 1.82) is 0 Å². The van der Waals surface area contributed by atoms with Crippen molar-refractivity contribution in [2.24, 2.45) is 11.7 Å². The number of aliphatic carboxylic acids is 1. The average Bonchev–Trinajstić information content (AvgIpc) is 1.81. The van der Waals surface area contributed by atoms with Crippen molar-refractivity contribution < 1.29 is 9.90 Å². The van der Waals surface area contributed by atoms with Crippen molar-refractivity contribution in [1.82, 2.24) is 0 Å². The van der Waals surface area contributed by atoms with E-state index in [1.807, 2.05) is 0 Å². The lowest BCUT2D eigenvalue weighted by molar-refractivity contribution is -0.142. The maximum Gasteiger partial charge on any atom is 0.308 e. The van der Waals surface area contributed by atoms with Gasteiger partial charge in [-0.25, -0.2) is 0 Å². The van der Waals surface area contributed by atoms with Crippen LogP contribution in [0.4, 0.5) is 0 Å². The summed E-state index contributed by atoms with van der Waals surface area (Å²) < 4.78 is 0. The Balaban J connectivity index is 3.97. The van der Waals surface area contributed by atoms with Crippen LogP contribution >= 0.6 is 0 Å². The lowest BCUT2D eigenvalue weighted by atomic mass is 9.99. The second kappa shape index (κ2) is 4.06. The third-order valence-corrected chi connectivity index (χ3v) is 1.37. The molecule has 3 N–H and O–H groups in total. The van der Waals surface area contributed by atoms with Gasteiger partial charge in [-0.2, -0.15) is 0 Å². The predicted octanol–water partition coefficient (Wildman–Crippen LogP) is 0.611. The molecule has 0 aliphatic carbocycles. The van der Waals surface area contributed by atoms with Crippen LogP contribution in [0.25, 0.3) is 0 Å². The molecule has 0 bridgehead atoms. The number of hydrogen-bond acceptors (Lipinski definition) is 2. The summed E-state index contributed by atoms with van der Waals surface area (Å²) in [5, 5.41) is 8.55. The van der Waals surface area contributed by atoms with E-state index in [1.54, 1.807) is 13.0 Å². The van der Waals surface area contributed by atoms with Gasteiger partial charge in [-0.3, -0.25) is 4.79 Å². The highest BCUT2D eigenvalue weighted by atomic mass is 16.4. The van der Waals surface area contributed by atoms with Crippen molar-refractivity contribution >= 4 is 5.97 Å². The van der Waals surface area contributed by atoms with Gasteiger partial charge in [-0.15, -0.1) is 6.58 Å². The zero-order valence-corrected chi connectivity index (χ0v) is 6.08. The van der Waals surface area contributed by atoms with Crippen molar-refractivity contribution in [3.8, 4) is 0 Å². The molecule has 0 fully saturated rings. The van der Waals surface area contributed by atoms with E-state index in [4.69, 9.17) is 10.8 Å². The highest BCUT2D eigenvalue weighted by molar-refractivity contribution is 5.70. The summed E-state index contributed by atoms with van der Waals surface area (Å²) in [4.78, 5) is 10.4. The van der Waals surface area contributed by atoms with Gasteiger partial charge in [0.05, 0.1) is 5.92 Å². The summed E-state index contributed by atoms with van der Waals surface area (Å²) in [6.45, 7) is 5.13. The summed E-state index contributed by atoms with van der Waals surface area (Å²) in [7, 11) is 0. The Labute approximate surface area is 60.5 Å². The summed E-state index contributed by atoms with van der Waals surface area (Å²) in [5.41, 5.74) is 5.40. The Morgan fingerprint density at radius 1 is 1.90 bits per heavy atom. The molecule has 58 valence electrons. The number of rotatable bonds is 4. The summed E-state index contributed by atoms with van der Waals surface area (Å²) >= 11 is 0. The van der Waals surface area contributed by atoms with Crippen LogP contribution in [-0.4, -0.2) is 17.1 Å². The Bertz CT molecular complexity index is 132. The van der Waals surface area contributed by atoms with Crippen LogP contribution in [0.1, 0.15) is 13.3 Å². The lowest BCUT2D eigenvalue weighted by Crippen LogP contribution is -2.32. The van der Waals surface area contributed by atoms with E-state index in [1.165, 1.54) is 0 Å².